The molecule has 19 heavy (non-hydrogen) atoms. The van der Waals surface area contributed by atoms with E-state index in [2.05, 4.69) is 11.1 Å². The number of rotatable bonds is 0. The van der Waals surface area contributed by atoms with Crippen LogP contribution in [0.1, 0.15) is 16.9 Å². The largest absolute Gasteiger partial charge is 0.457 e. The summed E-state index contributed by atoms with van der Waals surface area (Å²) in [6.07, 6.45) is 1.68. The molecule has 1 aromatic heterocycles. The molecule has 0 saturated carbocycles. The normalized spacial score (nSPS) is 16.7. The van der Waals surface area contributed by atoms with Gasteiger partial charge >= 0.3 is 0 Å². The van der Waals surface area contributed by atoms with Gasteiger partial charge in [-0.15, -0.1) is 0 Å². The molecule has 4 heteroatoms. The average molecular weight is 255 g/mol. The van der Waals surface area contributed by atoms with E-state index < -0.39 is 0 Å². The topological polar surface area (TPSA) is 44.0 Å². The van der Waals surface area contributed by atoms with Gasteiger partial charge in [-0.1, -0.05) is 6.07 Å². The molecule has 0 amide bonds. The number of aliphatic imine (C=N–C) groups is 1. The Hall–Kier alpha value is -2.23. The minimum Gasteiger partial charge on any atom is -0.457 e. The second kappa shape index (κ2) is 4.16. The van der Waals surface area contributed by atoms with Gasteiger partial charge in [0.25, 0.3) is 5.95 Å². The Bertz CT molecular complexity index is 657. The Labute approximate surface area is 110 Å². The van der Waals surface area contributed by atoms with E-state index in [4.69, 9.17) is 13.9 Å². The molecule has 0 saturated heterocycles. The Kier molecular flexibility index (Phi) is 2.33. The van der Waals surface area contributed by atoms with Crippen LogP contribution >= 0.6 is 0 Å². The van der Waals surface area contributed by atoms with E-state index in [0.29, 0.717) is 12.4 Å². The molecule has 2 aliphatic rings. The lowest BCUT2D eigenvalue weighted by Crippen LogP contribution is -2.15. The van der Waals surface area contributed by atoms with Crippen molar-refractivity contribution in [2.45, 2.75) is 12.8 Å². The summed E-state index contributed by atoms with van der Waals surface area (Å²) in [6.45, 7) is 0.991. The van der Waals surface area contributed by atoms with Crippen LogP contribution in [0, 0.1) is 0 Å². The van der Waals surface area contributed by atoms with Crippen LogP contribution in [0.15, 0.2) is 39.7 Å². The highest BCUT2D eigenvalue weighted by atomic mass is 16.7. The zero-order chi connectivity index (χ0) is 12.7. The molecule has 0 unspecified atom stereocenters. The van der Waals surface area contributed by atoms with E-state index in [1.165, 1.54) is 11.1 Å². The van der Waals surface area contributed by atoms with E-state index in [9.17, 15) is 0 Å². The molecule has 4 rings (SSSR count). The summed E-state index contributed by atoms with van der Waals surface area (Å²) >= 11 is 0. The van der Waals surface area contributed by atoms with E-state index in [-0.39, 0.29) is 6.79 Å². The monoisotopic (exact) mass is 255 g/mol. The zero-order valence-electron chi connectivity index (χ0n) is 10.4. The van der Waals surface area contributed by atoms with Crippen LogP contribution in [0.4, 0.5) is 0 Å². The number of hydrogen-bond donors (Lipinski definition) is 0. The minimum atomic E-state index is 0.151. The maximum Gasteiger partial charge on any atom is 0.287 e. The maximum atomic E-state index is 5.61. The van der Waals surface area contributed by atoms with Crippen LogP contribution < -0.4 is 9.47 Å². The van der Waals surface area contributed by atoms with Crippen molar-refractivity contribution in [2.75, 3.05) is 13.3 Å². The Morgan fingerprint density at radius 1 is 1.05 bits per heavy atom. The van der Waals surface area contributed by atoms with E-state index in [1.54, 1.807) is 0 Å². The molecule has 96 valence electrons. The summed E-state index contributed by atoms with van der Waals surface area (Å²) in [5.41, 5.74) is 3.56. The Morgan fingerprint density at radius 2 is 2.05 bits per heavy atom. The Balaban J connectivity index is 1.83. The molecule has 4 nitrogen and oxygen atoms in total. The fourth-order valence-electron chi connectivity index (χ4n) is 2.53. The van der Waals surface area contributed by atoms with Crippen LogP contribution in [0.25, 0.3) is 0 Å². The summed E-state index contributed by atoms with van der Waals surface area (Å²) in [5.74, 6) is 2.16. The second-order valence-electron chi connectivity index (χ2n) is 4.70. The lowest BCUT2D eigenvalue weighted by atomic mass is 9.95. The van der Waals surface area contributed by atoms with Gasteiger partial charge in [-0.2, -0.15) is 0 Å². The number of hydrogen-bond acceptors (Lipinski definition) is 4. The van der Waals surface area contributed by atoms with Crippen LogP contribution in [-0.4, -0.2) is 19.0 Å². The van der Waals surface area contributed by atoms with E-state index in [1.807, 2.05) is 24.3 Å². The molecule has 2 aliphatic heterocycles. The van der Waals surface area contributed by atoms with Crippen molar-refractivity contribution in [3.63, 3.8) is 0 Å². The zero-order valence-corrected chi connectivity index (χ0v) is 10.4. The summed E-state index contributed by atoms with van der Waals surface area (Å²) < 4.78 is 16.6. The van der Waals surface area contributed by atoms with Crippen LogP contribution in [-0.2, 0) is 12.8 Å². The fraction of sp³-hybridized carbons (Fsp3) is 0.267. The molecule has 2 aromatic rings. The van der Waals surface area contributed by atoms with Gasteiger partial charge in [0, 0.05) is 30.3 Å². The molecule has 0 aliphatic carbocycles. The number of ether oxygens (including phenoxy) is 2. The highest BCUT2D eigenvalue weighted by molar-refractivity contribution is 6.03. The number of fused-ring (bicyclic) bond motifs is 3. The van der Waals surface area contributed by atoms with Gasteiger partial charge in [-0.25, -0.2) is 0 Å². The second-order valence-corrected chi connectivity index (χ2v) is 4.70. The first-order chi connectivity index (χ1) is 9.38. The molecular weight excluding hydrogens is 242 g/mol. The maximum absolute atomic E-state index is 5.61. The molecule has 0 radical (unpaired) electrons. The van der Waals surface area contributed by atoms with Gasteiger partial charge in [0.2, 0.25) is 6.79 Å². The summed E-state index contributed by atoms with van der Waals surface area (Å²) in [5, 5.41) is 0. The van der Waals surface area contributed by atoms with Gasteiger partial charge in [0.15, 0.2) is 0 Å². The average Bonchev–Trinajstić information content (AvgIpc) is 2.85. The van der Waals surface area contributed by atoms with Crippen LogP contribution in [0.3, 0.4) is 0 Å². The summed E-state index contributed by atoms with van der Waals surface area (Å²) in [7, 11) is 0. The summed E-state index contributed by atoms with van der Waals surface area (Å²) in [6, 6.07) is 9.89. The van der Waals surface area contributed by atoms with Gasteiger partial charge in [-0.3, -0.25) is 4.99 Å². The van der Waals surface area contributed by atoms with Gasteiger partial charge in [0.1, 0.15) is 11.5 Å². The highest BCUT2D eigenvalue weighted by Gasteiger charge is 2.18. The van der Waals surface area contributed by atoms with E-state index >= 15 is 0 Å². The lowest BCUT2D eigenvalue weighted by molar-refractivity contribution is 0.0930. The molecule has 1 aromatic carbocycles. The van der Waals surface area contributed by atoms with Crippen LogP contribution in [0.5, 0.6) is 11.7 Å². The first-order valence-electron chi connectivity index (χ1n) is 6.39. The standard InChI is InChI=1S/C15H13NO3/c1-2-11-7-13-10(1)5-6-16-14(13)8-12-3-4-15(19-12)18-9-17-11/h1-4,7H,5-6,8-9H2. The SMILES string of the molecule is c1cc2c3cc1OCOc1ccc(o1)CC3=NCC2. The van der Waals surface area contributed by atoms with Crippen molar-refractivity contribution < 1.29 is 13.9 Å². The highest BCUT2D eigenvalue weighted by Crippen LogP contribution is 2.26. The third-order valence-corrected chi connectivity index (χ3v) is 3.48. The smallest absolute Gasteiger partial charge is 0.287 e. The molecule has 4 bridgehead atoms. The molecule has 0 fully saturated rings. The predicted molar refractivity (Wildman–Crippen MR) is 70.1 cm³/mol. The number of benzene rings is 1. The first kappa shape index (κ1) is 10.7. The van der Waals surface area contributed by atoms with Gasteiger partial charge < -0.3 is 13.9 Å². The quantitative estimate of drug-likeness (QED) is 0.726. The predicted octanol–water partition coefficient (Wildman–Crippen LogP) is 2.60. The molecule has 0 atom stereocenters. The molecule has 0 N–H and O–H groups in total. The van der Waals surface area contributed by atoms with Gasteiger partial charge in [-0.05, 0) is 30.2 Å². The van der Waals surface area contributed by atoms with Gasteiger partial charge in [0.05, 0.1) is 0 Å². The third-order valence-electron chi connectivity index (χ3n) is 3.48. The third kappa shape index (κ3) is 1.89. The van der Waals surface area contributed by atoms with Crippen LogP contribution in [0.2, 0.25) is 0 Å². The number of furan rings is 1. The Morgan fingerprint density at radius 3 is 3.05 bits per heavy atom. The minimum absolute atomic E-state index is 0.151. The van der Waals surface area contributed by atoms with Crippen molar-refractivity contribution in [1.29, 1.82) is 0 Å². The molecule has 3 heterocycles. The summed E-state index contributed by atoms with van der Waals surface area (Å²) in [4.78, 5) is 4.63. The first-order valence-corrected chi connectivity index (χ1v) is 6.39. The lowest BCUT2D eigenvalue weighted by Gasteiger charge is -2.17. The number of nitrogens with zero attached hydrogens (tertiary/aromatic N) is 1. The molecule has 0 spiro atoms. The fourth-order valence-corrected chi connectivity index (χ4v) is 2.53. The van der Waals surface area contributed by atoms with E-state index in [0.717, 1.165) is 30.2 Å². The van der Waals surface area contributed by atoms with Crippen molar-refractivity contribution in [1.82, 2.24) is 0 Å². The van der Waals surface area contributed by atoms with Crippen molar-refractivity contribution in [3.05, 3.63) is 47.2 Å². The van der Waals surface area contributed by atoms with Crippen molar-refractivity contribution in [3.8, 4) is 11.7 Å². The van der Waals surface area contributed by atoms with Crippen molar-refractivity contribution >= 4 is 5.71 Å². The van der Waals surface area contributed by atoms with Crippen molar-refractivity contribution in [2.24, 2.45) is 4.99 Å². The molecular formula is C15H13NO3.